The average molecular weight is 338 g/mol. The van der Waals surface area contributed by atoms with Gasteiger partial charge in [0.25, 0.3) is 0 Å². The zero-order chi connectivity index (χ0) is 14.5. The number of thiazole rings is 1. The molecule has 0 spiro atoms. The molecule has 1 aromatic carbocycles. The predicted octanol–water partition coefficient (Wildman–Crippen LogP) is 4.04. The van der Waals surface area contributed by atoms with Crippen LogP contribution in [0.2, 0.25) is 0 Å². The summed E-state index contributed by atoms with van der Waals surface area (Å²) in [4.78, 5) is 5.36. The summed E-state index contributed by atoms with van der Waals surface area (Å²) in [7, 11) is 0. The molecule has 5 heteroatoms. The molecule has 1 aliphatic carbocycles. The first-order chi connectivity index (χ1) is 10.3. The Morgan fingerprint density at radius 3 is 2.68 bits per heavy atom. The van der Waals surface area contributed by atoms with Crippen LogP contribution in [-0.2, 0) is 13.0 Å². The molecule has 3 nitrogen and oxygen atoms in total. The molecule has 0 aliphatic heterocycles. The van der Waals surface area contributed by atoms with Gasteiger partial charge in [0.05, 0.1) is 0 Å². The molecule has 1 fully saturated rings. The van der Waals surface area contributed by atoms with Crippen molar-refractivity contribution in [2.45, 2.75) is 44.7 Å². The summed E-state index contributed by atoms with van der Waals surface area (Å²) in [6.45, 7) is 0.894. The molecule has 1 saturated carbocycles. The number of aromatic nitrogens is 1. The van der Waals surface area contributed by atoms with Crippen molar-refractivity contribution in [3.8, 4) is 0 Å². The Balaban J connectivity index is 0.00000176. The normalized spacial score (nSPS) is 21.3. The summed E-state index contributed by atoms with van der Waals surface area (Å²) in [5.41, 5.74) is 7.15. The highest BCUT2D eigenvalue weighted by Crippen LogP contribution is 2.28. The van der Waals surface area contributed by atoms with Crippen LogP contribution in [-0.4, -0.2) is 11.0 Å². The Hall–Kier alpha value is -1.10. The Labute approximate surface area is 142 Å². The number of benzene rings is 1. The Morgan fingerprint density at radius 1 is 1.18 bits per heavy atom. The SMILES string of the molecule is Cl.Nc1ncc(CNC2CCCCC2Cc2ccccc2)s1. The van der Waals surface area contributed by atoms with Gasteiger partial charge in [0.15, 0.2) is 5.13 Å². The molecule has 1 aromatic heterocycles. The second-order valence-corrected chi connectivity index (χ2v) is 7.03. The number of rotatable bonds is 5. The van der Waals surface area contributed by atoms with Crippen molar-refractivity contribution in [3.05, 3.63) is 47.0 Å². The second kappa shape index (κ2) is 8.51. The van der Waals surface area contributed by atoms with Crippen LogP contribution in [0.5, 0.6) is 0 Å². The van der Waals surface area contributed by atoms with Crippen molar-refractivity contribution in [1.29, 1.82) is 0 Å². The average Bonchev–Trinajstić information content (AvgIpc) is 2.93. The third-order valence-electron chi connectivity index (χ3n) is 4.36. The van der Waals surface area contributed by atoms with Crippen LogP contribution in [0.25, 0.3) is 0 Å². The summed E-state index contributed by atoms with van der Waals surface area (Å²) in [5.74, 6) is 0.742. The number of nitrogen functional groups attached to an aromatic ring is 1. The molecule has 3 N–H and O–H groups in total. The van der Waals surface area contributed by atoms with E-state index in [0.29, 0.717) is 11.2 Å². The Morgan fingerprint density at radius 2 is 1.95 bits per heavy atom. The van der Waals surface area contributed by atoms with Gasteiger partial charge in [0, 0.05) is 23.7 Å². The Bertz CT molecular complexity index is 558. The van der Waals surface area contributed by atoms with Crippen LogP contribution in [0, 0.1) is 5.92 Å². The molecule has 120 valence electrons. The van der Waals surface area contributed by atoms with Crippen LogP contribution < -0.4 is 11.1 Å². The maximum absolute atomic E-state index is 5.70. The minimum atomic E-state index is 0. The number of hydrogen-bond donors (Lipinski definition) is 2. The van der Waals surface area contributed by atoms with Gasteiger partial charge >= 0.3 is 0 Å². The van der Waals surface area contributed by atoms with Crippen LogP contribution in [0.1, 0.15) is 36.1 Å². The summed E-state index contributed by atoms with van der Waals surface area (Å²) in [6, 6.07) is 11.5. The summed E-state index contributed by atoms with van der Waals surface area (Å²) in [6.07, 6.45) is 8.39. The fourth-order valence-electron chi connectivity index (χ4n) is 3.27. The predicted molar refractivity (Wildman–Crippen MR) is 96.5 cm³/mol. The van der Waals surface area contributed by atoms with Gasteiger partial charge in [-0.1, -0.05) is 43.2 Å². The molecule has 2 aromatic rings. The number of halogens is 1. The van der Waals surface area contributed by atoms with Crippen molar-refractivity contribution in [1.82, 2.24) is 10.3 Å². The van der Waals surface area contributed by atoms with Crippen LogP contribution in [0.3, 0.4) is 0 Å². The fraction of sp³-hybridized carbons (Fsp3) is 0.471. The van der Waals surface area contributed by atoms with Crippen LogP contribution in [0.15, 0.2) is 36.5 Å². The van der Waals surface area contributed by atoms with E-state index < -0.39 is 0 Å². The third kappa shape index (κ3) is 4.70. The number of nitrogens with one attached hydrogen (secondary N) is 1. The summed E-state index contributed by atoms with van der Waals surface area (Å²) < 4.78 is 0. The molecule has 1 heterocycles. The highest BCUT2D eigenvalue weighted by Gasteiger charge is 2.24. The quantitative estimate of drug-likeness (QED) is 0.865. The van der Waals surface area contributed by atoms with E-state index in [1.165, 1.54) is 42.5 Å². The lowest BCUT2D eigenvalue weighted by Gasteiger charge is -2.32. The third-order valence-corrected chi connectivity index (χ3v) is 5.19. The van der Waals surface area contributed by atoms with E-state index in [2.05, 4.69) is 40.6 Å². The van der Waals surface area contributed by atoms with Gasteiger partial charge in [-0.25, -0.2) is 4.98 Å². The van der Waals surface area contributed by atoms with Crippen molar-refractivity contribution >= 4 is 28.9 Å². The van der Waals surface area contributed by atoms with Gasteiger partial charge in [0.2, 0.25) is 0 Å². The van der Waals surface area contributed by atoms with Gasteiger partial charge in [-0.15, -0.1) is 23.7 Å². The van der Waals surface area contributed by atoms with E-state index >= 15 is 0 Å². The van der Waals surface area contributed by atoms with E-state index in [-0.39, 0.29) is 12.4 Å². The maximum Gasteiger partial charge on any atom is 0.180 e. The summed E-state index contributed by atoms with van der Waals surface area (Å²) >= 11 is 1.59. The molecule has 0 amide bonds. The highest BCUT2D eigenvalue weighted by atomic mass is 35.5. The largest absolute Gasteiger partial charge is 0.375 e. The monoisotopic (exact) mass is 337 g/mol. The smallest absolute Gasteiger partial charge is 0.180 e. The first kappa shape index (κ1) is 17.3. The van der Waals surface area contributed by atoms with Gasteiger partial charge in [-0.3, -0.25) is 0 Å². The van der Waals surface area contributed by atoms with Crippen molar-refractivity contribution in [3.63, 3.8) is 0 Å². The number of nitrogens with two attached hydrogens (primary N) is 1. The molecule has 22 heavy (non-hydrogen) atoms. The Kier molecular flexibility index (Phi) is 6.68. The second-order valence-electron chi connectivity index (χ2n) is 5.89. The van der Waals surface area contributed by atoms with Crippen molar-refractivity contribution < 1.29 is 0 Å². The minimum Gasteiger partial charge on any atom is -0.375 e. The lowest BCUT2D eigenvalue weighted by Crippen LogP contribution is -2.39. The first-order valence-corrected chi connectivity index (χ1v) is 8.60. The first-order valence-electron chi connectivity index (χ1n) is 7.79. The maximum atomic E-state index is 5.70. The molecule has 3 rings (SSSR count). The zero-order valence-corrected chi connectivity index (χ0v) is 14.3. The number of anilines is 1. The fourth-order valence-corrected chi connectivity index (χ4v) is 3.91. The van der Waals surface area contributed by atoms with Crippen LogP contribution in [0.4, 0.5) is 5.13 Å². The van der Waals surface area contributed by atoms with Gasteiger partial charge < -0.3 is 11.1 Å². The molecular formula is C17H24ClN3S. The standard InChI is InChI=1S/C17H23N3S.ClH/c18-17-20-12-15(21-17)11-19-16-9-5-4-8-14(16)10-13-6-2-1-3-7-13;/h1-3,6-7,12,14,16,19H,4-5,8-11H2,(H2,18,20);1H. The molecule has 2 atom stereocenters. The molecule has 0 bridgehead atoms. The number of hydrogen-bond acceptors (Lipinski definition) is 4. The molecule has 0 radical (unpaired) electrons. The highest BCUT2D eigenvalue weighted by molar-refractivity contribution is 7.15. The van der Waals surface area contributed by atoms with Gasteiger partial charge in [-0.2, -0.15) is 0 Å². The van der Waals surface area contributed by atoms with E-state index in [4.69, 9.17) is 5.73 Å². The number of nitrogens with zero attached hydrogens (tertiary/aromatic N) is 1. The van der Waals surface area contributed by atoms with E-state index in [0.717, 1.165) is 12.5 Å². The zero-order valence-electron chi connectivity index (χ0n) is 12.7. The van der Waals surface area contributed by atoms with E-state index in [9.17, 15) is 0 Å². The van der Waals surface area contributed by atoms with Crippen molar-refractivity contribution in [2.24, 2.45) is 5.92 Å². The minimum absolute atomic E-state index is 0. The van der Waals surface area contributed by atoms with Crippen LogP contribution >= 0.6 is 23.7 Å². The lowest BCUT2D eigenvalue weighted by atomic mass is 9.80. The lowest BCUT2D eigenvalue weighted by molar-refractivity contribution is 0.260. The molecular weight excluding hydrogens is 314 g/mol. The van der Waals surface area contributed by atoms with Gasteiger partial charge in [-0.05, 0) is 30.7 Å². The molecule has 0 saturated heterocycles. The van der Waals surface area contributed by atoms with E-state index in [1.807, 2.05) is 6.20 Å². The molecule has 1 aliphatic rings. The van der Waals surface area contributed by atoms with Crippen molar-refractivity contribution in [2.75, 3.05) is 5.73 Å². The topological polar surface area (TPSA) is 50.9 Å². The summed E-state index contributed by atoms with van der Waals surface area (Å²) in [5, 5.41) is 4.40. The van der Waals surface area contributed by atoms with Gasteiger partial charge in [0.1, 0.15) is 0 Å². The van der Waals surface area contributed by atoms with E-state index in [1.54, 1.807) is 11.3 Å². The molecule has 2 unspecified atom stereocenters.